The van der Waals surface area contributed by atoms with Crippen molar-refractivity contribution in [3.63, 3.8) is 0 Å². The molecule has 0 atom stereocenters. The number of nitrogens with zero attached hydrogens (tertiary/aromatic N) is 1. The number of rotatable bonds is 0. The number of benzene rings is 1. The molecule has 5 heteroatoms. The minimum Gasteiger partial charge on any atom is -0.508 e. The molecule has 4 nitrogen and oxygen atoms in total. The van der Waals surface area contributed by atoms with Crippen molar-refractivity contribution < 1.29 is 13.5 Å². The summed E-state index contributed by atoms with van der Waals surface area (Å²) in [5.41, 5.74) is 1.54. The number of phenolic OH excluding ortho intramolecular Hbond substituents is 1. The van der Waals surface area contributed by atoms with E-state index in [0.29, 0.717) is 12.1 Å². The summed E-state index contributed by atoms with van der Waals surface area (Å²) in [6, 6.07) is 4.73. The zero-order chi connectivity index (χ0) is 10.3. The summed E-state index contributed by atoms with van der Waals surface area (Å²) < 4.78 is 24.3. The number of phenols is 1. The molecule has 0 saturated heterocycles. The fourth-order valence-corrected chi connectivity index (χ4v) is 2.83. The maximum absolute atomic E-state index is 11.5. The SMILES string of the molecule is CN1c2ccc(O)cc2CCS1(=O)=O. The number of hydrogen-bond acceptors (Lipinski definition) is 3. The second-order valence-electron chi connectivity index (χ2n) is 3.35. The van der Waals surface area contributed by atoms with Crippen molar-refractivity contribution in [2.75, 3.05) is 17.1 Å². The monoisotopic (exact) mass is 213 g/mol. The van der Waals surface area contributed by atoms with Crippen LogP contribution in [0.2, 0.25) is 0 Å². The molecule has 0 aromatic heterocycles. The van der Waals surface area contributed by atoms with Gasteiger partial charge in [0.05, 0.1) is 11.4 Å². The van der Waals surface area contributed by atoms with Crippen molar-refractivity contribution in [1.29, 1.82) is 0 Å². The Morgan fingerprint density at radius 2 is 2.14 bits per heavy atom. The summed E-state index contributed by atoms with van der Waals surface area (Å²) in [5, 5.41) is 9.24. The summed E-state index contributed by atoms with van der Waals surface area (Å²) in [4.78, 5) is 0. The first-order valence-electron chi connectivity index (χ1n) is 4.29. The number of aromatic hydroxyl groups is 1. The van der Waals surface area contributed by atoms with E-state index >= 15 is 0 Å². The maximum atomic E-state index is 11.5. The van der Waals surface area contributed by atoms with Crippen molar-refractivity contribution in [2.45, 2.75) is 6.42 Å². The van der Waals surface area contributed by atoms with Crippen molar-refractivity contribution in [2.24, 2.45) is 0 Å². The molecular formula is C9H11NO3S. The van der Waals surface area contributed by atoms with Crippen molar-refractivity contribution in [3.05, 3.63) is 23.8 Å². The first-order valence-corrected chi connectivity index (χ1v) is 5.90. The molecule has 76 valence electrons. The topological polar surface area (TPSA) is 57.6 Å². The van der Waals surface area contributed by atoms with Crippen molar-refractivity contribution in [3.8, 4) is 5.75 Å². The van der Waals surface area contributed by atoms with Gasteiger partial charge in [-0.05, 0) is 30.2 Å². The lowest BCUT2D eigenvalue weighted by molar-refractivity contribution is 0.474. The van der Waals surface area contributed by atoms with Crippen LogP contribution in [0.25, 0.3) is 0 Å². The molecule has 0 amide bonds. The molecule has 1 aromatic rings. The van der Waals surface area contributed by atoms with Crippen LogP contribution in [0, 0.1) is 0 Å². The van der Waals surface area contributed by atoms with Gasteiger partial charge in [0, 0.05) is 7.05 Å². The molecule has 0 spiro atoms. The van der Waals surface area contributed by atoms with Gasteiger partial charge < -0.3 is 5.11 Å². The molecule has 1 N–H and O–H groups in total. The second-order valence-corrected chi connectivity index (χ2v) is 5.47. The number of fused-ring (bicyclic) bond motifs is 1. The first-order chi connectivity index (χ1) is 6.50. The third kappa shape index (κ3) is 1.33. The normalized spacial score (nSPS) is 19.1. The molecular weight excluding hydrogens is 202 g/mol. The van der Waals surface area contributed by atoms with Gasteiger partial charge in [0.2, 0.25) is 10.0 Å². The third-order valence-electron chi connectivity index (χ3n) is 2.45. The van der Waals surface area contributed by atoms with Crippen LogP contribution in [0.4, 0.5) is 5.69 Å². The van der Waals surface area contributed by atoms with E-state index in [9.17, 15) is 13.5 Å². The molecule has 1 heterocycles. The zero-order valence-corrected chi connectivity index (χ0v) is 8.58. The van der Waals surface area contributed by atoms with Crippen LogP contribution in [-0.2, 0) is 16.4 Å². The lowest BCUT2D eigenvalue weighted by Crippen LogP contribution is -2.34. The highest BCUT2D eigenvalue weighted by molar-refractivity contribution is 7.92. The number of hydrogen-bond donors (Lipinski definition) is 1. The van der Waals surface area contributed by atoms with Crippen LogP contribution < -0.4 is 4.31 Å². The Kier molecular flexibility index (Phi) is 1.92. The summed E-state index contributed by atoms with van der Waals surface area (Å²) in [7, 11) is -1.60. The summed E-state index contributed by atoms with van der Waals surface area (Å²) in [5.74, 6) is 0.288. The molecule has 1 aliphatic heterocycles. The Labute approximate surface area is 82.8 Å². The summed E-state index contributed by atoms with van der Waals surface area (Å²) in [6.07, 6.45) is 0.469. The van der Waals surface area contributed by atoms with Gasteiger partial charge in [0.1, 0.15) is 5.75 Å². The van der Waals surface area contributed by atoms with E-state index in [0.717, 1.165) is 5.56 Å². The Morgan fingerprint density at radius 1 is 1.43 bits per heavy atom. The fourth-order valence-electron chi connectivity index (χ4n) is 1.61. The van der Waals surface area contributed by atoms with Gasteiger partial charge in [0.15, 0.2) is 0 Å². The van der Waals surface area contributed by atoms with Crippen LogP contribution in [0.1, 0.15) is 5.56 Å². The summed E-state index contributed by atoms with van der Waals surface area (Å²) in [6.45, 7) is 0. The van der Waals surface area contributed by atoms with Gasteiger partial charge in [-0.1, -0.05) is 0 Å². The van der Waals surface area contributed by atoms with Crippen LogP contribution in [0.3, 0.4) is 0 Å². The minimum atomic E-state index is -3.14. The van der Waals surface area contributed by atoms with Gasteiger partial charge in [-0.15, -0.1) is 0 Å². The fraction of sp³-hybridized carbons (Fsp3) is 0.333. The van der Waals surface area contributed by atoms with E-state index in [-0.39, 0.29) is 11.5 Å². The maximum Gasteiger partial charge on any atom is 0.235 e. The van der Waals surface area contributed by atoms with E-state index in [4.69, 9.17) is 0 Å². The van der Waals surface area contributed by atoms with Gasteiger partial charge in [-0.25, -0.2) is 8.42 Å². The molecule has 0 bridgehead atoms. The standard InChI is InChI=1S/C9H11NO3S/c1-10-9-3-2-8(11)6-7(9)4-5-14(10,12)13/h2-3,6,11H,4-5H2,1H3. The van der Waals surface area contributed by atoms with Crippen molar-refractivity contribution >= 4 is 15.7 Å². The first kappa shape index (κ1) is 9.33. The lowest BCUT2D eigenvalue weighted by atomic mass is 10.1. The minimum absolute atomic E-state index is 0.111. The summed E-state index contributed by atoms with van der Waals surface area (Å²) >= 11 is 0. The average Bonchev–Trinajstić information content (AvgIpc) is 2.12. The van der Waals surface area contributed by atoms with E-state index in [1.54, 1.807) is 12.1 Å². The smallest absolute Gasteiger partial charge is 0.235 e. The molecule has 0 radical (unpaired) electrons. The van der Waals surface area contributed by atoms with E-state index in [1.807, 2.05) is 0 Å². The van der Waals surface area contributed by atoms with Gasteiger partial charge in [0.25, 0.3) is 0 Å². The quantitative estimate of drug-likeness (QED) is 0.690. The number of aryl methyl sites for hydroxylation is 1. The highest BCUT2D eigenvalue weighted by atomic mass is 32.2. The highest BCUT2D eigenvalue weighted by Gasteiger charge is 2.26. The third-order valence-corrected chi connectivity index (χ3v) is 4.20. The second kappa shape index (κ2) is 2.88. The molecule has 1 aliphatic rings. The number of anilines is 1. The van der Waals surface area contributed by atoms with Gasteiger partial charge in [-0.3, -0.25) is 4.31 Å². The Morgan fingerprint density at radius 3 is 2.86 bits per heavy atom. The zero-order valence-electron chi connectivity index (χ0n) is 7.77. The molecule has 0 unspecified atom stereocenters. The van der Waals surface area contributed by atoms with Crippen molar-refractivity contribution in [1.82, 2.24) is 0 Å². The molecule has 0 fully saturated rings. The Bertz CT molecular complexity index is 467. The Balaban J connectivity index is 2.57. The molecule has 0 saturated carbocycles. The van der Waals surface area contributed by atoms with Crippen LogP contribution in [0.15, 0.2) is 18.2 Å². The van der Waals surface area contributed by atoms with Gasteiger partial charge >= 0.3 is 0 Å². The van der Waals surface area contributed by atoms with Crippen LogP contribution in [0.5, 0.6) is 5.75 Å². The predicted octanol–water partition coefficient (Wildman–Crippen LogP) is 0.714. The molecule has 2 rings (SSSR count). The van der Waals surface area contributed by atoms with Crippen LogP contribution >= 0.6 is 0 Å². The average molecular weight is 213 g/mol. The lowest BCUT2D eigenvalue weighted by Gasteiger charge is -2.26. The van der Waals surface area contributed by atoms with Gasteiger partial charge in [-0.2, -0.15) is 0 Å². The van der Waals surface area contributed by atoms with E-state index < -0.39 is 10.0 Å². The number of sulfonamides is 1. The molecule has 14 heavy (non-hydrogen) atoms. The molecule has 1 aromatic carbocycles. The Hall–Kier alpha value is -1.23. The largest absolute Gasteiger partial charge is 0.508 e. The van der Waals surface area contributed by atoms with E-state index in [2.05, 4.69) is 0 Å². The predicted molar refractivity (Wildman–Crippen MR) is 54.0 cm³/mol. The molecule has 0 aliphatic carbocycles. The van der Waals surface area contributed by atoms with Crippen LogP contribution in [-0.4, -0.2) is 26.3 Å². The highest BCUT2D eigenvalue weighted by Crippen LogP contribution is 2.30. The van der Waals surface area contributed by atoms with E-state index in [1.165, 1.54) is 17.4 Å².